The van der Waals surface area contributed by atoms with Gasteiger partial charge in [0.25, 0.3) is 0 Å². The minimum Gasteiger partial charge on any atom is -0.370 e. The van der Waals surface area contributed by atoms with Crippen LogP contribution in [0.2, 0.25) is 0 Å². The van der Waals surface area contributed by atoms with Crippen molar-refractivity contribution in [1.82, 2.24) is 4.90 Å². The van der Waals surface area contributed by atoms with Crippen LogP contribution in [0, 0.1) is 5.41 Å². The van der Waals surface area contributed by atoms with Gasteiger partial charge in [-0.05, 0) is 6.08 Å². The summed E-state index contributed by atoms with van der Waals surface area (Å²) in [5, 5.41) is 7.01. The van der Waals surface area contributed by atoms with Gasteiger partial charge in [0.1, 0.15) is 0 Å². The molecule has 3 nitrogen and oxygen atoms in total. The van der Waals surface area contributed by atoms with Crippen molar-refractivity contribution >= 4 is 5.96 Å². The summed E-state index contributed by atoms with van der Waals surface area (Å²) >= 11 is 0. The Balaban J connectivity index is 2.56. The van der Waals surface area contributed by atoms with Gasteiger partial charge in [0.05, 0.1) is 0 Å². The van der Waals surface area contributed by atoms with Crippen molar-refractivity contribution in [2.75, 3.05) is 6.54 Å². The van der Waals surface area contributed by atoms with Gasteiger partial charge < -0.3 is 10.6 Å². The third kappa shape index (κ3) is 1.32. The van der Waals surface area contributed by atoms with Crippen molar-refractivity contribution in [2.24, 2.45) is 5.73 Å². The zero-order chi connectivity index (χ0) is 6.69. The Kier molecular flexibility index (Phi) is 1.53. The fourth-order valence-corrected chi connectivity index (χ4v) is 0.646. The van der Waals surface area contributed by atoms with Crippen molar-refractivity contribution in [2.45, 2.75) is 0 Å². The first kappa shape index (κ1) is 5.88. The molecule has 0 radical (unpaired) electrons. The Morgan fingerprint density at radius 3 is 2.67 bits per heavy atom. The summed E-state index contributed by atoms with van der Waals surface area (Å²) in [6, 6.07) is 0. The van der Waals surface area contributed by atoms with E-state index >= 15 is 0 Å². The van der Waals surface area contributed by atoms with Crippen LogP contribution in [0.15, 0.2) is 24.4 Å². The molecule has 0 aromatic carbocycles. The molecule has 0 saturated heterocycles. The summed E-state index contributed by atoms with van der Waals surface area (Å²) in [4.78, 5) is 1.65. The number of hydrogen-bond acceptors (Lipinski definition) is 1. The van der Waals surface area contributed by atoms with Crippen LogP contribution in [0.3, 0.4) is 0 Å². The van der Waals surface area contributed by atoms with E-state index in [1.54, 1.807) is 11.1 Å². The van der Waals surface area contributed by atoms with Crippen molar-refractivity contribution in [3.63, 3.8) is 0 Å². The summed E-state index contributed by atoms with van der Waals surface area (Å²) in [6.45, 7) is 0.714. The average molecular weight is 123 g/mol. The molecule has 0 aromatic heterocycles. The van der Waals surface area contributed by atoms with Crippen LogP contribution in [0.4, 0.5) is 0 Å². The third-order valence-corrected chi connectivity index (χ3v) is 1.12. The number of nitrogens with one attached hydrogen (secondary N) is 1. The second-order valence-electron chi connectivity index (χ2n) is 1.81. The molecule has 3 N–H and O–H groups in total. The second-order valence-corrected chi connectivity index (χ2v) is 1.81. The van der Waals surface area contributed by atoms with Crippen LogP contribution < -0.4 is 5.73 Å². The van der Waals surface area contributed by atoms with Crippen molar-refractivity contribution < 1.29 is 0 Å². The van der Waals surface area contributed by atoms with Gasteiger partial charge in [-0.3, -0.25) is 5.41 Å². The largest absolute Gasteiger partial charge is 0.370 e. The van der Waals surface area contributed by atoms with Gasteiger partial charge in [0.2, 0.25) is 0 Å². The molecule has 1 aliphatic rings. The normalized spacial score (nSPS) is 16.2. The van der Waals surface area contributed by atoms with E-state index in [9.17, 15) is 0 Å². The van der Waals surface area contributed by atoms with Crippen molar-refractivity contribution in [3.05, 3.63) is 24.4 Å². The highest BCUT2D eigenvalue weighted by Crippen LogP contribution is 1.95. The zero-order valence-electron chi connectivity index (χ0n) is 5.04. The maximum Gasteiger partial charge on any atom is 0.192 e. The molecule has 0 saturated carbocycles. The van der Waals surface area contributed by atoms with Gasteiger partial charge in [-0.25, -0.2) is 0 Å². The molecule has 1 aliphatic heterocycles. The zero-order valence-corrected chi connectivity index (χ0v) is 5.04. The van der Waals surface area contributed by atoms with Gasteiger partial charge in [0.15, 0.2) is 5.96 Å². The van der Waals surface area contributed by atoms with E-state index in [4.69, 9.17) is 11.1 Å². The Bertz CT molecular complexity index is 169. The van der Waals surface area contributed by atoms with Crippen molar-refractivity contribution in [1.29, 1.82) is 5.41 Å². The summed E-state index contributed by atoms with van der Waals surface area (Å²) in [6.07, 6.45) is 7.51. The number of rotatable bonds is 0. The maximum absolute atomic E-state index is 7.01. The molecule has 0 atom stereocenters. The molecule has 1 rings (SSSR count). The summed E-state index contributed by atoms with van der Waals surface area (Å²) in [5.41, 5.74) is 5.19. The lowest BCUT2D eigenvalue weighted by atomic mass is 10.4. The molecule has 0 aromatic rings. The number of allylic oxidation sites excluding steroid dienone is 2. The van der Waals surface area contributed by atoms with Crippen molar-refractivity contribution in [3.8, 4) is 0 Å². The Hall–Kier alpha value is -1.25. The molecule has 0 bridgehead atoms. The van der Waals surface area contributed by atoms with Gasteiger partial charge in [0, 0.05) is 12.7 Å². The van der Waals surface area contributed by atoms with E-state index in [0.29, 0.717) is 6.54 Å². The SMILES string of the molecule is N=C(N)N1C=CC=CC1. The first-order valence-corrected chi connectivity index (χ1v) is 2.74. The van der Waals surface area contributed by atoms with E-state index in [1.807, 2.05) is 18.2 Å². The fourth-order valence-electron chi connectivity index (χ4n) is 0.646. The molecule has 0 amide bonds. The Morgan fingerprint density at radius 2 is 2.33 bits per heavy atom. The van der Waals surface area contributed by atoms with Crippen LogP contribution in [0.5, 0.6) is 0 Å². The van der Waals surface area contributed by atoms with Crippen LogP contribution in [-0.2, 0) is 0 Å². The highest BCUT2D eigenvalue weighted by Gasteiger charge is 1.99. The van der Waals surface area contributed by atoms with E-state index < -0.39 is 0 Å². The van der Waals surface area contributed by atoms with E-state index in [-0.39, 0.29) is 5.96 Å². The first-order chi connectivity index (χ1) is 4.30. The number of nitrogens with zero attached hydrogens (tertiary/aromatic N) is 1. The lowest BCUT2D eigenvalue weighted by molar-refractivity contribution is 0.603. The van der Waals surface area contributed by atoms with Crippen LogP contribution in [0.25, 0.3) is 0 Å². The summed E-state index contributed by atoms with van der Waals surface area (Å²) in [5.74, 6) is 0.0931. The minimum atomic E-state index is 0.0931. The predicted octanol–water partition coefficient (Wildman–Crippen LogP) is 0.265. The molecule has 3 heteroatoms. The van der Waals surface area contributed by atoms with Gasteiger partial charge in [-0.1, -0.05) is 12.2 Å². The van der Waals surface area contributed by atoms with Gasteiger partial charge >= 0.3 is 0 Å². The van der Waals surface area contributed by atoms with Gasteiger partial charge in [-0.2, -0.15) is 0 Å². The molecule has 0 fully saturated rings. The monoisotopic (exact) mass is 123 g/mol. The molecule has 48 valence electrons. The molecule has 1 heterocycles. The molecule has 0 aliphatic carbocycles. The highest BCUT2D eigenvalue weighted by atomic mass is 15.2. The lowest BCUT2D eigenvalue weighted by Gasteiger charge is -2.16. The van der Waals surface area contributed by atoms with Crippen LogP contribution in [0.1, 0.15) is 0 Å². The summed E-state index contributed by atoms with van der Waals surface area (Å²) in [7, 11) is 0. The number of hydrogen-bond donors (Lipinski definition) is 2. The second kappa shape index (κ2) is 2.35. The molecular weight excluding hydrogens is 114 g/mol. The Labute approximate surface area is 54.0 Å². The van der Waals surface area contributed by atoms with E-state index in [1.165, 1.54) is 0 Å². The van der Waals surface area contributed by atoms with Gasteiger partial charge in [-0.15, -0.1) is 0 Å². The minimum absolute atomic E-state index is 0.0931. The maximum atomic E-state index is 7.01. The third-order valence-electron chi connectivity index (χ3n) is 1.12. The molecule has 0 unspecified atom stereocenters. The molecular formula is C6H9N3. The van der Waals surface area contributed by atoms with Crippen LogP contribution in [-0.4, -0.2) is 17.4 Å². The fraction of sp³-hybridized carbons (Fsp3) is 0.167. The topological polar surface area (TPSA) is 53.1 Å². The standard InChI is InChI=1S/C6H9N3/c7-6(8)9-4-2-1-3-5-9/h1-4H,5H2,(H3,7,8). The van der Waals surface area contributed by atoms with E-state index in [0.717, 1.165) is 0 Å². The highest BCUT2D eigenvalue weighted by molar-refractivity contribution is 5.76. The molecule has 0 spiro atoms. The smallest absolute Gasteiger partial charge is 0.192 e. The average Bonchev–Trinajstić information content (AvgIpc) is 1.90. The quantitative estimate of drug-likeness (QED) is 0.358. The number of nitrogens with two attached hydrogens (primary N) is 1. The van der Waals surface area contributed by atoms with Crippen LogP contribution >= 0.6 is 0 Å². The number of guanidine groups is 1. The Morgan fingerprint density at radius 1 is 1.56 bits per heavy atom. The first-order valence-electron chi connectivity index (χ1n) is 2.74. The van der Waals surface area contributed by atoms with E-state index in [2.05, 4.69) is 0 Å². The lowest BCUT2D eigenvalue weighted by Crippen LogP contribution is -2.32. The summed E-state index contributed by atoms with van der Waals surface area (Å²) < 4.78 is 0. The molecule has 9 heavy (non-hydrogen) atoms. The predicted molar refractivity (Wildman–Crippen MR) is 36.9 cm³/mol.